The van der Waals surface area contributed by atoms with E-state index in [2.05, 4.69) is 13.8 Å². The Morgan fingerprint density at radius 2 is 1.79 bits per heavy atom. The highest BCUT2D eigenvalue weighted by Gasteiger charge is 2.14. The van der Waals surface area contributed by atoms with Crippen molar-refractivity contribution in [1.82, 2.24) is 0 Å². The summed E-state index contributed by atoms with van der Waals surface area (Å²) in [6.45, 7) is 5.76. The number of hydrogen-bond donors (Lipinski definition) is 0. The third-order valence-corrected chi connectivity index (χ3v) is 4.48. The number of benzene rings is 1. The molecule has 0 unspecified atom stereocenters. The molecule has 0 spiro atoms. The normalized spacial score (nSPS) is 11.2. The van der Waals surface area contributed by atoms with Crippen LogP contribution in [0.2, 0.25) is 6.04 Å². The average molecular weight is 283 g/mol. The van der Waals surface area contributed by atoms with Crippen LogP contribution in [0.4, 0.5) is 4.39 Å². The van der Waals surface area contributed by atoms with Gasteiger partial charge < -0.3 is 8.85 Å². The minimum absolute atomic E-state index is 0.160. The third kappa shape index (κ3) is 7.45. The fourth-order valence-corrected chi connectivity index (χ4v) is 3.45. The molecule has 0 heterocycles. The zero-order valence-corrected chi connectivity index (χ0v) is 13.0. The number of rotatable bonds is 10. The summed E-state index contributed by atoms with van der Waals surface area (Å²) in [4.78, 5) is 0. The zero-order valence-electron chi connectivity index (χ0n) is 12.0. The van der Waals surface area contributed by atoms with E-state index in [1.54, 1.807) is 12.1 Å². The Balaban J connectivity index is 2.29. The second-order valence-electron chi connectivity index (χ2n) is 4.55. The van der Waals surface area contributed by atoms with Gasteiger partial charge in [0, 0.05) is 13.2 Å². The maximum atomic E-state index is 13.0. The first-order chi connectivity index (χ1) is 9.26. The van der Waals surface area contributed by atoms with E-state index in [0.717, 1.165) is 50.5 Å². The lowest BCUT2D eigenvalue weighted by Crippen LogP contribution is -2.24. The van der Waals surface area contributed by atoms with Gasteiger partial charge in [0.05, 0.1) is 0 Å². The molecular weight excluding hydrogens is 259 g/mol. The monoisotopic (exact) mass is 283 g/mol. The Hall–Kier alpha value is -0.713. The summed E-state index contributed by atoms with van der Waals surface area (Å²) in [5.41, 5.74) is 1.05. The second-order valence-corrected chi connectivity index (χ2v) is 6.37. The molecule has 0 bridgehead atoms. The van der Waals surface area contributed by atoms with E-state index in [0.29, 0.717) is 0 Å². The van der Waals surface area contributed by atoms with Crippen molar-refractivity contribution in [3.8, 4) is 0 Å². The van der Waals surface area contributed by atoms with Gasteiger partial charge >= 0.3 is 9.28 Å². The Kier molecular flexibility index (Phi) is 8.70. The fourth-order valence-electron chi connectivity index (χ4n) is 1.75. The highest BCUT2D eigenvalue weighted by molar-refractivity contribution is 6.44. The maximum absolute atomic E-state index is 13.0. The molecule has 0 saturated carbocycles. The third-order valence-electron chi connectivity index (χ3n) is 2.67. The lowest BCUT2D eigenvalue weighted by molar-refractivity contribution is 0.196. The summed E-state index contributed by atoms with van der Waals surface area (Å²) < 4.78 is 24.6. The first kappa shape index (κ1) is 16.3. The van der Waals surface area contributed by atoms with Crippen molar-refractivity contribution >= 4 is 9.28 Å². The van der Waals surface area contributed by atoms with Crippen molar-refractivity contribution in [1.29, 1.82) is 0 Å². The topological polar surface area (TPSA) is 18.5 Å². The summed E-state index contributed by atoms with van der Waals surface area (Å²) in [7, 11) is -1.14. The smallest absolute Gasteiger partial charge is 0.384 e. The van der Waals surface area contributed by atoms with Gasteiger partial charge in [0.2, 0.25) is 0 Å². The summed E-state index contributed by atoms with van der Waals surface area (Å²) >= 11 is 0. The minimum Gasteiger partial charge on any atom is -0.393 e. The van der Waals surface area contributed by atoms with E-state index in [-0.39, 0.29) is 5.82 Å². The Morgan fingerprint density at radius 3 is 2.37 bits per heavy atom. The molecule has 0 aromatic heterocycles. The predicted octanol–water partition coefficient (Wildman–Crippen LogP) is 4.10. The van der Waals surface area contributed by atoms with Crippen LogP contribution < -0.4 is 0 Å². The van der Waals surface area contributed by atoms with Crippen LogP contribution in [0.3, 0.4) is 0 Å². The van der Waals surface area contributed by atoms with Gasteiger partial charge in [-0.15, -0.1) is 0 Å². The molecule has 0 aliphatic carbocycles. The van der Waals surface area contributed by atoms with Crippen LogP contribution in [-0.4, -0.2) is 22.5 Å². The first-order valence-corrected chi connectivity index (χ1v) is 8.64. The number of hydrogen-bond acceptors (Lipinski definition) is 2. The summed E-state index contributed by atoms with van der Waals surface area (Å²) in [5, 5.41) is 0. The van der Waals surface area contributed by atoms with Gasteiger partial charge in [-0.25, -0.2) is 4.39 Å². The van der Waals surface area contributed by atoms with E-state index in [4.69, 9.17) is 8.85 Å². The van der Waals surface area contributed by atoms with Gasteiger partial charge in [-0.1, -0.05) is 26.0 Å². The molecule has 0 amide bonds. The van der Waals surface area contributed by atoms with E-state index in [1.807, 2.05) is 6.07 Å². The van der Waals surface area contributed by atoms with Crippen LogP contribution in [0.15, 0.2) is 24.3 Å². The Labute approximate surface area is 117 Å². The Morgan fingerprint density at radius 1 is 1.11 bits per heavy atom. The molecular formula is C15H24FO2Si. The predicted molar refractivity (Wildman–Crippen MR) is 77.8 cm³/mol. The molecule has 1 aromatic rings. The van der Waals surface area contributed by atoms with Crippen molar-refractivity contribution in [2.45, 2.75) is 45.6 Å². The van der Waals surface area contributed by atoms with Gasteiger partial charge in [-0.3, -0.25) is 0 Å². The summed E-state index contributed by atoms with van der Waals surface area (Å²) in [6.07, 6.45) is 3.92. The minimum atomic E-state index is -1.14. The molecule has 0 N–H and O–H groups in total. The molecule has 1 aromatic carbocycles. The van der Waals surface area contributed by atoms with Crippen LogP contribution in [0, 0.1) is 5.82 Å². The van der Waals surface area contributed by atoms with Crippen LogP contribution in [-0.2, 0) is 15.3 Å². The molecule has 0 saturated heterocycles. The first-order valence-electron chi connectivity index (χ1n) is 7.12. The van der Waals surface area contributed by atoms with E-state index in [1.165, 1.54) is 6.07 Å². The van der Waals surface area contributed by atoms with Crippen molar-refractivity contribution in [2.24, 2.45) is 0 Å². The van der Waals surface area contributed by atoms with Gasteiger partial charge in [0.25, 0.3) is 0 Å². The summed E-state index contributed by atoms with van der Waals surface area (Å²) in [5.74, 6) is -0.160. The van der Waals surface area contributed by atoms with Crippen molar-refractivity contribution in [3.05, 3.63) is 35.6 Å². The van der Waals surface area contributed by atoms with Gasteiger partial charge in [0.15, 0.2) is 0 Å². The van der Waals surface area contributed by atoms with Crippen molar-refractivity contribution < 1.29 is 13.2 Å². The van der Waals surface area contributed by atoms with Gasteiger partial charge in [-0.2, -0.15) is 0 Å². The second kappa shape index (κ2) is 10.1. The van der Waals surface area contributed by atoms with Crippen LogP contribution in [0.5, 0.6) is 0 Å². The molecule has 0 atom stereocenters. The average Bonchev–Trinajstić information content (AvgIpc) is 2.41. The van der Waals surface area contributed by atoms with E-state index >= 15 is 0 Å². The Bertz CT molecular complexity index is 339. The standard InChI is InChI=1S/C15H24FO2Si/c1-3-10-17-19(18-11-4-2)12-6-8-14-7-5-9-15(16)13-14/h5,7,9,13H,3-4,6,8,10-12H2,1-2H3. The van der Waals surface area contributed by atoms with Crippen LogP contribution >= 0.6 is 0 Å². The largest absolute Gasteiger partial charge is 0.393 e. The zero-order chi connectivity index (χ0) is 13.9. The molecule has 2 nitrogen and oxygen atoms in total. The molecule has 0 fully saturated rings. The molecule has 4 heteroatoms. The van der Waals surface area contributed by atoms with Crippen LogP contribution in [0.25, 0.3) is 0 Å². The molecule has 1 rings (SSSR count). The molecule has 0 aliphatic heterocycles. The van der Waals surface area contributed by atoms with E-state index < -0.39 is 9.28 Å². The van der Waals surface area contributed by atoms with Crippen molar-refractivity contribution in [3.63, 3.8) is 0 Å². The lowest BCUT2D eigenvalue weighted by Gasteiger charge is -2.14. The maximum Gasteiger partial charge on any atom is 0.384 e. The number of aryl methyl sites for hydroxylation is 1. The summed E-state index contributed by atoms with van der Waals surface area (Å²) in [6, 6.07) is 7.77. The van der Waals surface area contributed by atoms with Crippen molar-refractivity contribution in [2.75, 3.05) is 13.2 Å². The lowest BCUT2D eigenvalue weighted by atomic mass is 10.1. The molecule has 19 heavy (non-hydrogen) atoms. The molecule has 107 valence electrons. The number of halogens is 1. The van der Waals surface area contributed by atoms with E-state index in [9.17, 15) is 4.39 Å². The SMILES string of the molecule is CCCO[Si](CCCc1cccc(F)c1)OCCC. The van der Waals surface area contributed by atoms with Gasteiger partial charge in [0.1, 0.15) is 5.82 Å². The fraction of sp³-hybridized carbons (Fsp3) is 0.600. The highest BCUT2D eigenvalue weighted by atomic mass is 28.3. The molecule has 1 radical (unpaired) electrons. The quantitative estimate of drug-likeness (QED) is 0.602. The molecule has 0 aliphatic rings. The van der Waals surface area contributed by atoms with Crippen LogP contribution in [0.1, 0.15) is 38.7 Å². The van der Waals surface area contributed by atoms with Gasteiger partial charge in [-0.05, 0) is 49.4 Å². The highest BCUT2D eigenvalue weighted by Crippen LogP contribution is 2.10.